The number of hydrogen-bond donors (Lipinski definition) is 4. The van der Waals surface area contributed by atoms with Gasteiger partial charge in [0.25, 0.3) is 5.91 Å². The largest absolute Gasteiger partial charge is 0.398 e. The van der Waals surface area contributed by atoms with Gasteiger partial charge in [-0.15, -0.1) is 0 Å². The number of halogens is 1. The summed E-state index contributed by atoms with van der Waals surface area (Å²) >= 11 is 0. The lowest BCUT2D eigenvalue weighted by atomic mass is 9.89. The molecule has 9 heteroatoms. The number of ether oxygens (including phenoxy) is 1. The minimum Gasteiger partial charge on any atom is -0.398 e. The summed E-state index contributed by atoms with van der Waals surface area (Å²) < 4.78 is 21.7. The van der Waals surface area contributed by atoms with Gasteiger partial charge in [-0.2, -0.15) is 0 Å². The van der Waals surface area contributed by atoms with Gasteiger partial charge in [-0.05, 0) is 60.4 Å². The molecule has 2 aliphatic rings. The molecule has 3 amide bonds. The van der Waals surface area contributed by atoms with Gasteiger partial charge in [0.2, 0.25) is 0 Å². The minimum absolute atomic E-state index is 0.167. The zero-order valence-corrected chi connectivity index (χ0v) is 22.5. The molecule has 1 aromatic heterocycles. The molecule has 2 saturated heterocycles. The first-order chi connectivity index (χ1) is 19.4. The summed E-state index contributed by atoms with van der Waals surface area (Å²) in [6, 6.07) is 16.5. The van der Waals surface area contributed by atoms with E-state index >= 15 is 0 Å². The van der Waals surface area contributed by atoms with Crippen LogP contribution in [0.1, 0.15) is 55.5 Å². The van der Waals surface area contributed by atoms with Crippen molar-refractivity contribution in [1.82, 2.24) is 15.2 Å². The number of nitrogens with one attached hydrogen (secondary N) is 3. The first-order valence-electron chi connectivity index (χ1n) is 13.5. The van der Waals surface area contributed by atoms with E-state index < -0.39 is 12.1 Å². The van der Waals surface area contributed by atoms with Gasteiger partial charge in [0.05, 0.1) is 5.52 Å². The molecule has 3 heterocycles. The van der Waals surface area contributed by atoms with E-state index in [-0.39, 0.29) is 17.6 Å². The van der Waals surface area contributed by atoms with Gasteiger partial charge < -0.3 is 25.8 Å². The van der Waals surface area contributed by atoms with Crippen LogP contribution in [0.15, 0.2) is 60.7 Å². The second-order valence-corrected chi connectivity index (χ2v) is 9.62. The van der Waals surface area contributed by atoms with E-state index in [9.17, 15) is 14.0 Å². The highest BCUT2D eigenvalue weighted by molar-refractivity contribution is 6.06. The zero-order valence-electron chi connectivity index (χ0n) is 22.5. The molecule has 5 N–H and O–H groups in total. The molecular formula is C31H32FN5O3. The van der Waals surface area contributed by atoms with Crippen molar-refractivity contribution in [1.29, 1.82) is 5.41 Å². The zero-order chi connectivity index (χ0) is 28.4. The standard InChI is InChI=1S/C29H26FN5O3.C2H6/c30-20-5-7-21(8-6-20)35-24-13-19(15-31)23(32)14-22(24)25(27(35)18-9-11-38-12-10-18)16-1-3-17(4-2-16)26-28(36)34-29(37)33-26;1-2/h1-8,13-15,18,26,31H,9-12,32H2,(H2,33,34,36,37);1-2H3. The van der Waals surface area contributed by atoms with Crippen LogP contribution in [0.5, 0.6) is 0 Å². The monoisotopic (exact) mass is 541 g/mol. The van der Waals surface area contributed by atoms with Gasteiger partial charge in [-0.1, -0.05) is 38.1 Å². The first-order valence-corrected chi connectivity index (χ1v) is 13.5. The van der Waals surface area contributed by atoms with Gasteiger partial charge in [0.1, 0.15) is 11.9 Å². The second-order valence-electron chi connectivity index (χ2n) is 9.62. The Kier molecular flexibility index (Phi) is 7.66. The molecule has 8 nitrogen and oxygen atoms in total. The lowest BCUT2D eigenvalue weighted by Gasteiger charge is -2.26. The van der Waals surface area contributed by atoms with Gasteiger partial charge in [0.15, 0.2) is 0 Å². The highest BCUT2D eigenvalue weighted by Gasteiger charge is 2.32. The van der Waals surface area contributed by atoms with Gasteiger partial charge >= 0.3 is 6.03 Å². The van der Waals surface area contributed by atoms with Crippen LogP contribution in [0.2, 0.25) is 0 Å². The molecule has 2 fully saturated rings. The highest BCUT2D eigenvalue weighted by atomic mass is 19.1. The number of urea groups is 1. The third kappa shape index (κ3) is 4.84. The van der Waals surface area contributed by atoms with Crippen molar-refractivity contribution >= 4 is 34.7 Å². The Hall–Kier alpha value is -4.50. The van der Waals surface area contributed by atoms with Crippen LogP contribution in [-0.4, -0.2) is 35.9 Å². The van der Waals surface area contributed by atoms with Crippen molar-refractivity contribution in [3.05, 3.63) is 83.3 Å². The number of imide groups is 1. The van der Waals surface area contributed by atoms with E-state index in [0.29, 0.717) is 30.0 Å². The molecule has 4 aromatic rings. The molecule has 0 aliphatic carbocycles. The Morgan fingerprint density at radius 2 is 1.70 bits per heavy atom. The Morgan fingerprint density at radius 3 is 2.30 bits per heavy atom. The molecule has 0 bridgehead atoms. The summed E-state index contributed by atoms with van der Waals surface area (Å²) in [6.45, 7) is 5.27. The molecule has 40 heavy (non-hydrogen) atoms. The lowest BCUT2D eigenvalue weighted by Crippen LogP contribution is -2.22. The van der Waals surface area contributed by atoms with Gasteiger partial charge in [-0.25, -0.2) is 9.18 Å². The van der Waals surface area contributed by atoms with E-state index in [2.05, 4.69) is 15.2 Å². The van der Waals surface area contributed by atoms with Gasteiger partial charge in [0, 0.05) is 58.9 Å². The molecule has 0 radical (unpaired) electrons. The van der Waals surface area contributed by atoms with Crippen molar-refractivity contribution in [3.63, 3.8) is 0 Å². The van der Waals surface area contributed by atoms with E-state index in [0.717, 1.165) is 46.3 Å². The van der Waals surface area contributed by atoms with Crippen molar-refractivity contribution in [3.8, 4) is 16.8 Å². The van der Waals surface area contributed by atoms with Gasteiger partial charge in [-0.3, -0.25) is 10.1 Å². The average Bonchev–Trinajstić information content (AvgIpc) is 3.50. The quantitative estimate of drug-likeness (QED) is 0.145. The molecule has 1 unspecified atom stereocenters. The van der Waals surface area contributed by atoms with Crippen LogP contribution in [0.4, 0.5) is 14.9 Å². The normalized spacial score (nSPS) is 17.2. The van der Waals surface area contributed by atoms with E-state index in [1.165, 1.54) is 18.3 Å². The fourth-order valence-electron chi connectivity index (χ4n) is 5.53. The molecule has 6 rings (SSSR count). The second kappa shape index (κ2) is 11.3. The summed E-state index contributed by atoms with van der Waals surface area (Å²) in [4.78, 5) is 23.8. The van der Waals surface area contributed by atoms with Crippen LogP contribution in [0.3, 0.4) is 0 Å². The molecule has 0 saturated carbocycles. The fraction of sp³-hybridized carbons (Fsp3) is 0.258. The first kappa shape index (κ1) is 27.1. The topological polar surface area (TPSA) is 122 Å². The summed E-state index contributed by atoms with van der Waals surface area (Å²) in [5.41, 5.74) is 12.8. The average molecular weight is 542 g/mol. The number of nitrogens with zero attached hydrogens (tertiary/aromatic N) is 1. The third-order valence-electron chi connectivity index (χ3n) is 7.36. The van der Waals surface area contributed by atoms with E-state index in [1.54, 1.807) is 12.1 Å². The Labute approximate surface area is 231 Å². The number of nitrogens with two attached hydrogens (primary N) is 1. The van der Waals surface area contributed by atoms with Crippen LogP contribution in [-0.2, 0) is 9.53 Å². The Balaban J connectivity index is 0.00000158. The number of hydrogen-bond acceptors (Lipinski definition) is 5. The van der Waals surface area contributed by atoms with Crippen LogP contribution >= 0.6 is 0 Å². The number of fused-ring (bicyclic) bond motifs is 1. The smallest absolute Gasteiger partial charge is 0.322 e. The summed E-state index contributed by atoms with van der Waals surface area (Å²) in [5, 5.41) is 13.7. The number of nitrogen functional groups attached to an aromatic ring is 1. The molecule has 206 valence electrons. The van der Waals surface area contributed by atoms with Crippen LogP contribution < -0.4 is 16.4 Å². The molecule has 1 atom stereocenters. The number of aromatic nitrogens is 1. The SMILES string of the molecule is CC.N=Cc1cc2c(cc1N)c(-c1ccc(C3NC(=O)NC3=O)cc1)c(C1CCOCC1)n2-c1ccc(F)cc1. The molecule has 2 aliphatic heterocycles. The van der Waals surface area contributed by atoms with Crippen molar-refractivity contribution in [2.45, 2.75) is 38.6 Å². The van der Waals surface area contributed by atoms with Crippen LogP contribution in [0, 0.1) is 11.2 Å². The number of rotatable bonds is 5. The third-order valence-corrected chi connectivity index (χ3v) is 7.36. The van der Waals surface area contributed by atoms with E-state index in [1.807, 2.05) is 50.2 Å². The number of benzene rings is 3. The van der Waals surface area contributed by atoms with Crippen molar-refractivity contribution in [2.75, 3.05) is 18.9 Å². The maximum atomic E-state index is 13.9. The predicted octanol–water partition coefficient (Wildman–Crippen LogP) is 5.82. The molecule has 3 aromatic carbocycles. The molecule has 0 spiro atoms. The number of carbonyl (C=O) groups excluding carboxylic acids is 2. The minimum atomic E-state index is -0.738. The number of amides is 3. The lowest BCUT2D eigenvalue weighted by molar-refractivity contribution is -0.120. The van der Waals surface area contributed by atoms with E-state index in [4.69, 9.17) is 15.9 Å². The maximum absolute atomic E-state index is 13.9. The summed E-state index contributed by atoms with van der Waals surface area (Å²) in [7, 11) is 0. The molecular weight excluding hydrogens is 509 g/mol. The Bertz CT molecular complexity index is 1570. The maximum Gasteiger partial charge on any atom is 0.322 e. The number of anilines is 1. The fourth-order valence-corrected chi connectivity index (χ4v) is 5.53. The highest BCUT2D eigenvalue weighted by Crippen LogP contribution is 2.44. The Morgan fingerprint density at radius 1 is 1.02 bits per heavy atom. The van der Waals surface area contributed by atoms with Crippen LogP contribution in [0.25, 0.3) is 27.7 Å². The predicted molar refractivity (Wildman–Crippen MR) is 155 cm³/mol. The van der Waals surface area contributed by atoms with Crippen molar-refractivity contribution in [2.24, 2.45) is 0 Å². The summed E-state index contributed by atoms with van der Waals surface area (Å²) in [5.74, 6) is -0.535. The van der Waals surface area contributed by atoms with Crippen molar-refractivity contribution < 1.29 is 18.7 Å². The summed E-state index contributed by atoms with van der Waals surface area (Å²) in [6.07, 6.45) is 2.88. The number of carbonyl (C=O) groups is 2.